The minimum Gasteiger partial charge on any atom is -0.469 e. The van der Waals surface area contributed by atoms with E-state index in [0.29, 0.717) is 0 Å². The first-order chi connectivity index (χ1) is 7.32. The van der Waals surface area contributed by atoms with Crippen molar-refractivity contribution in [2.45, 2.75) is 12.6 Å². The molecule has 1 aromatic heterocycles. The Bertz CT molecular complexity index is 406. The Hall–Kier alpha value is -0.860. The number of esters is 1. The molecule has 0 spiro atoms. The van der Waals surface area contributed by atoms with Gasteiger partial charge in [0.05, 0.1) is 13.5 Å². The van der Waals surface area contributed by atoms with E-state index in [-0.39, 0.29) is 15.7 Å². The van der Waals surface area contributed by atoms with E-state index in [9.17, 15) is 18.0 Å². The first kappa shape index (κ1) is 13.2. The summed E-state index contributed by atoms with van der Waals surface area (Å²) in [5, 5.41) is 0. The van der Waals surface area contributed by atoms with Gasteiger partial charge in [0.2, 0.25) is 0 Å². The summed E-state index contributed by atoms with van der Waals surface area (Å²) in [4.78, 5) is 14.3. The largest absolute Gasteiger partial charge is 0.469 e. The summed E-state index contributed by atoms with van der Waals surface area (Å²) in [5.41, 5.74) is -0.767. The van der Waals surface area contributed by atoms with Gasteiger partial charge < -0.3 is 4.74 Å². The Morgan fingerprint density at radius 1 is 1.50 bits per heavy atom. The van der Waals surface area contributed by atoms with Crippen LogP contribution < -0.4 is 0 Å². The highest BCUT2D eigenvalue weighted by Gasteiger charge is 2.33. The first-order valence-corrected chi connectivity index (χ1v) is 5.21. The molecule has 0 unspecified atom stereocenters. The van der Waals surface area contributed by atoms with Crippen LogP contribution in [-0.4, -0.2) is 18.1 Å². The predicted octanol–water partition coefficient (Wildman–Crippen LogP) is 2.42. The zero-order valence-corrected chi connectivity index (χ0v) is 10.3. The van der Waals surface area contributed by atoms with E-state index in [1.807, 2.05) is 0 Å². The average molecular weight is 345 g/mol. The van der Waals surface area contributed by atoms with Gasteiger partial charge in [-0.25, -0.2) is 4.98 Å². The van der Waals surface area contributed by atoms with Crippen molar-refractivity contribution in [3.8, 4) is 0 Å². The second-order valence-electron chi connectivity index (χ2n) is 2.93. The molecule has 1 heterocycles. The Balaban J connectivity index is 3.04. The number of hydrogen-bond donors (Lipinski definition) is 0. The number of nitrogens with zero attached hydrogens (tertiary/aromatic N) is 1. The van der Waals surface area contributed by atoms with Crippen molar-refractivity contribution < 1.29 is 22.7 Å². The van der Waals surface area contributed by atoms with Crippen LogP contribution in [0.3, 0.4) is 0 Å². The molecule has 7 heteroatoms. The lowest BCUT2D eigenvalue weighted by Gasteiger charge is -2.08. The van der Waals surface area contributed by atoms with Gasteiger partial charge in [-0.1, -0.05) is 0 Å². The molecule has 0 radical (unpaired) electrons. The SMILES string of the molecule is COC(=O)Cc1cc(I)nc(C(F)(F)F)c1. The normalized spacial score (nSPS) is 11.3. The number of aromatic nitrogens is 1. The maximum absolute atomic E-state index is 12.4. The number of halogens is 4. The third-order valence-electron chi connectivity index (χ3n) is 1.72. The molecule has 0 amide bonds. The summed E-state index contributed by atoms with van der Waals surface area (Å²) in [6.45, 7) is 0. The fourth-order valence-electron chi connectivity index (χ4n) is 1.04. The van der Waals surface area contributed by atoms with Crippen molar-refractivity contribution in [3.63, 3.8) is 0 Å². The smallest absolute Gasteiger partial charge is 0.433 e. The number of rotatable bonds is 2. The lowest BCUT2D eigenvalue weighted by molar-refractivity contribution is -0.142. The molecule has 0 fully saturated rings. The fourth-order valence-corrected chi connectivity index (χ4v) is 1.70. The van der Waals surface area contributed by atoms with E-state index < -0.39 is 17.8 Å². The van der Waals surface area contributed by atoms with Crippen LogP contribution in [0.5, 0.6) is 0 Å². The van der Waals surface area contributed by atoms with Crippen LogP contribution in [0.4, 0.5) is 13.2 Å². The van der Waals surface area contributed by atoms with Crippen molar-refractivity contribution in [2.24, 2.45) is 0 Å². The van der Waals surface area contributed by atoms with E-state index in [0.717, 1.165) is 6.07 Å². The fraction of sp³-hybridized carbons (Fsp3) is 0.333. The van der Waals surface area contributed by atoms with Gasteiger partial charge in [-0.3, -0.25) is 4.79 Å². The minimum atomic E-state index is -4.51. The number of carbonyl (C=O) groups excluding carboxylic acids is 1. The number of alkyl halides is 3. The van der Waals surface area contributed by atoms with E-state index in [2.05, 4.69) is 9.72 Å². The molecule has 1 rings (SSSR count). The van der Waals surface area contributed by atoms with Gasteiger partial charge in [0.1, 0.15) is 9.39 Å². The zero-order chi connectivity index (χ0) is 12.3. The number of carbonyl (C=O) groups is 1. The molecule has 3 nitrogen and oxygen atoms in total. The summed E-state index contributed by atoms with van der Waals surface area (Å²) in [6, 6.07) is 2.26. The Labute approximate surface area is 103 Å². The summed E-state index contributed by atoms with van der Waals surface area (Å²) < 4.78 is 41.7. The number of pyridine rings is 1. The molecule has 0 aliphatic heterocycles. The molecule has 0 saturated heterocycles. The highest BCUT2D eigenvalue weighted by molar-refractivity contribution is 14.1. The van der Waals surface area contributed by atoms with Gasteiger partial charge >= 0.3 is 12.1 Å². The Kier molecular flexibility index (Phi) is 4.11. The standard InChI is InChI=1S/C9H7F3INO2/c1-16-8(15)4-5-2-6(9(10,11)12)14-7(13)3-5/h2-3H,4H2,1H3. The first-order valence-electron chi connectivity index (χ1n) is 4.13. The number of methoxy groups -OCH3 is 1. The van der Waals surface area contributed by atoms with Crippen LogP contribution in [0.25, 0.3) is 0 Å². The van der Waals surface area contributed by atoms with Crippen molar-refractivity contribution in [2.75, 3.05) is 7.11 Å². The van der Waals surface area contributed by atoms with Gasteiger partial charge in [0, 0.05) is 0 Å². The quantitative estimate of drug-likeness (QED) is 0.470. The molecule has 0 saturated carbocycles. The number of hydrogen-bond acceptors (Lipinski definition) is 3. The van der Waals surface area contributed by atoms with Gasteiger partial charge in [-0.15, -0.1) is 0 Å². The molecule has 0 N–H and O–H groups in total. The minimum absolute atomic E-state index is 0.186. The molecular formula is C9H7F3INO2. The van der Waals surface area contributed by atoms with E-state index >= 15 is 0 Å². The number of ether oxygens (including phenoxy) is 1. The van der Waals surface area contributed by atoms with Crippen molar-refractivity contribution in [3.05, 3.63) is 27.1 Å². The Morgan fingerprint density at radius 3 is 2.62 bits per heavy atom. The van der Waals surface area contributed by atoms with Crippen LogP contribution >= 0.6 is 22.6 Å². The van der Waals surface area contributed by atoms with Crippen LogP contribution in [0.2, 0.25) is 0 Å². The highest BCUT2D eigenvalue weighted by Crippen LogP contribution is 2.28. The molecule has 16 heavy (non-hydrogen) atoms. The summed E-state index contributed by atoms with van der Waals surface area (Å²) in [6.07, 6.45) is -4.70. The Morgan fingerprint density at radius 2 is 2.12 bits per heavy atom. The maximum Gasteiger partial charge on any atom is 0.433 e. The molecule has 0 aromatic carbocycles. The molecule has 0 bridgehead atoms. The van der Waals surface area contributed by atoms with Crippen LogP contribution in [0.1, 0.15) is 11.3 Å². The maximum atomic E-state index is 12.4. The van der Waals surface area contributed by atoms with E-state index in [1.165, 1.54) is 13.2 Å². The van der Waals surface area contributed by atoms with Gasteiger partial charge in [0.25, 0.3) is 0 Å². The van der Waals surface area contributed by atoms with Crippen molar-refractivity contribution in [1.29, 1.82) is 0 Å². The molecule has 88 valence electrons. The summed E-state index contributed by atoms with van der Waals surface area (Å²) in [5.74, 6) is -0.588. The second-order valence-corrected chi connectivity index (χ2v) is 4.04. The predicted molar refractivity (Wildman–Crippen MR) is 57.7 cm³/mol. The molecule has 1 aromatic rings. The summed E-state index contributed by atoms with van der Waals surface area (Å²) in [7, 11) is 1.18. The zero-order valence-electron chi connectivity index (χ0n) is 8.14. The molecule has 0 aliphatic rings. The third kappa shape index (κ3) is 3.62. The van der Waals surface area contributed by atoms with Crippen LogP contribution in [0, 0.1) is 3.70 Å². The summed E-state index contributed by atoms with van der Waals surface area (Å²) >= 11 is 1.67. The lowest BCUT2D eigenvalue weighted by Crippen LogP contribution is -2.11. The molecule has 0 aliphatic carbocycles. The van der Waals surface area contributed by atoms with Gasteiger partial charge in [0.15, 0.2) is 0 Å². The average Bonchev–Trinajstić information content (AvgIpc) is 2.15. The van der Waals surface area contributed by atoms with E-state index in [4.69, 9.17) is 0 Å². The molecule has 0 atom stereocenters. The lowest BCUT2D eigenvalue weighted by atomic mass is 10.1. The van der Waals surface area contributed by atoms with Crippen LogP contribution in [0.15, 0.2) is 12.1 Å². The van der Waals surface area contributed by atoms with Gasteiger partial charge in [-0.2, -0.15) is 13.2 Å². The second kappa shape index (κ2) is 4.98. The van der Waals surface area contributed by atoms with Crippen molar-refractivity contribution >= 4 is 28.6 Å². The monoisotopic (exact) mass is 345 g/mol. The van der Waals surface area contributed by atoms with E-state index in [1.54, 1.807) is 22.6 Å². The molecular weight excluding hydrogens is 338 g/mol. The topological polar surface area (TPSA) is 39.2 Å². The third-order valence-corrected chi connectivity index (χ3v) is 2.27. The van der Waals surface area contributed by atoms with Crippen molar-refractivity contribution in [1.82, 2.24) is 4.98 Å². The van der Waals surface area contributed by atoms with Gasteiger partial charge in [-0.05, 0) is 40.3 Å². The highest BCUT2D eigenvalue weighted by atomic mass is 127. The van der Waals surface area contributed by atoms with Crippen LogP contribution in [-0.2, 0) is 22.1 Å².